The minimum Gasteiger partial charge on any atom is -0.313 e. The standard InChI is InChI=1S/C13H18BrF2N/c1-4-8(2)7-11(17-3)12-10(15)6-5-9(14)13(12)16/h5-6,8,11,17H,4,7H2,1-3H3. The SMILES string of the molecule is CCC(C)CC(NC)c1c(F)ccc(Br)c1F. The second-order valence-electron chi connectivity index (χ2n) is 4.35. The molecule has 1 N–H and O–H groups in total. The van der Waals surface area contributed by atoms with Crippen LogP contribution < -0.4 is 5.32 Å². The Hall–Kier alpha value is -0.480. The Balaban J connectivity index is 3.07. The topological polar surface area (TPSA) is 12.0 Å². The number of hydrogen-bond donors (Lipinski definition) is 1. The van der Waals surface area contributed by atoms with Crippen molar-refractivity contribution in [2.75, 3.05) is 7.05 Å². The van der Waals surface area contributed by atoms with Gasteiger partial charge in [-0.3, -0.25) is 0 Å². The van der Waals surface area contributed by atoms with Crippen LogP contribution in [0.4, 0.5) is 8.78 Å². The third kappa shape index (κ3) is 3.49. The molecule has 0 aliphatic carbocycles. The van der Waals surface area contributed by atoms with Gasteiger partial charge in [0.05, 0.1) is 4.47 Å². The zero-order valence-electron chi connectivity index (χ0n) is 10.4. The van der Waals surface area contributed by atoms with Crippen molar-refractivity contribution in [3.05, 3.63) is 33.8 Å². The van der Waals surface area contributed by atoms with Gasteiger partial charge in [0.15, 0.2) is 0 Å². The maximum Gasteiger partial charge on any atom is 0.145 e. The molecule has 0 aliphatic heterocycles. The van der Waals surface area contributed by atoms with Crippen molar-refractivity contribution in [1.29, 1.82) is 0 Å². The molecule has 1 rings (SSSR count). The summed E-state index contributed by atoms with van der Waals surface area (Å²) in [7, 11) is 1.73. The van der Waals surface area contributed by atoms with Crippen molar-refractivity contribution in [3.8, 4) is 0 Å². The van der Waals surface area contributed by atoms with Gasteiger partial charge in [-0.2, -0.15) is 0 Å². The quantitative estimate of drug-likeness (QED) is 0.794. The first-order chi connectivity index (χ1) is 8.01. The molecule has 2 atom stereocenters. The fraction of sp³-hybridized carbons (Fsp3) is 0.538. The van der Waals surface area contributed by atoms with Crippen LogP contribution in [0.2, 0.25) is 0 Å². The van der Waals surface area contributed by atoms with Gasteiger partial charge in [-0.05, 0) is 47.4 Å². The van der Waals surface area contributed by atoms with E-state index in [1.807, 2.05) is 0 Å². The van der Waals surface area contributed by atoms with E-state index in [0.717, 1.165) is 12.8 Å². The molecule has 0 saturated carbocycles. The largest absolute Gasteiger partial charge is 0.313 e. The lowest BCUT2D eigenvalue weighted by Gasteiger charge is -2.21. The summed E-state index contributed by atoms with van der Waals surface area (Å²) in [6.07, 6.45) is 1.71. The zero-order valence-corrected chi connectivity index (χ0v) is 11.9. The number of halogens is 3. The van der Waals surface area contributed by atoms with E-state index in [0.29, 0.717) is 10.4 Å². The van der Waals surface area contributed by atoms with Crippen LogP contribution >= 0.6 is 15.9 Å². The van der Waals surface area contributed by atoms with Crippen molar-refractivity contribution in [2.45, 2.75) is 32.7 Å². The van der Waals surface area contributed by atoms with Gasteiger partial charge in [0, 0.05) is 11.6 Å². The number of rotatable bonds is 5. The summed E-state index contributed by atoms with van der Waals surface area (Å²) in [6.45, 7) is 4.16. The van der Waals surface area contributed by atoms with Gasteiger partial charge in [0.25, 0.3) is 0 Å². The molecule has 0 heterocycles. The minimum absolute atomic E-state index is 0.127. The van der Waals surface area contributed by atoms with E-state index in [9.17, 15) is 8.78 Å². The Morgan fingerprint density at radius 3 is 2.53 bits per heavy atom. The number of benzene rings is 1. The number of hydrogen-bond acceptors (Lipinski definition) is 1. The van der Waals surface area contributed by atoms with Crippen LogP contribution in [-0.2, 0) is 0 Å². The summed E-state index contributed by atoms with van der Waals surface area (Å²) >= 11 is 3.09. The van der Waals surface area contributed by atoms with Gasteiger partial charge in [0.2, 0.25) is 0 Å². The molecule has 0 fully saturated rings. The molecule has 0 saturated heterocycles. The van der Waals surface area contributed by atoms with Crippen LogP contribution in [0, 0.1) is 17.6 Å². The van der Waals surface area contributed by atoms with Crippen LogP contribution in [0.5, 0.6) is 0 Å². The van der Waals surface area contributed by atoms with E-state index >= 15 is 0 Å². The number of nitrogens with one attached hydrogen (secondary N) is 1. The Kier molecular flexibility index (Phi) is 5.53. The lowest BCUT2D eigenvalue weighted by atomic mass is 9.94. The highest BCUT2D eigenvalue weighted by Gasteiger charge is 2.22. The first-order valence-corrected chi connectivity index (χ1v) is 6.61. The molecule has 2 unspecified atom stereocenters. The van der Waals surface area contributed by atoms with Gasteiger partial charge in [-0.25, -0.2) is 8.78 Å². The second kappa shape index (κ2) is 6.45. The fourth-order valence-corrected chi connectivity index (χ4v) is 2.16. The van der Waals surface area contributed by atoms with Crippen LogP contribution in [0.15, 0.2) is 16.6 Å². The minimum atomic E-state index is -0.507. The first-order valence-electron chi connectivity index (χ1n) is 5.81. The average Bonchev–Trinajstić information content (AvgIpc) is 2.32. The van der Waals surface area contributed by atoms with E-state index in [-0.39, 0.29) is 11.6 Å². The third-order valence-corrected chi connectivity index (χ3v) is 3.72. The highest BCUT2D eigenvalue weighted by molar-refractivity contribution is 9.10. The molecule has 0 spiro atoms. The predicted octanol–water partition coefficient (Wildman–Crippen LogP) is 4.42. The first kappa shape index (κ1) is 14.6. The lowest BCUT2D eigenvalue weighted by molar-refractivity contribution is 0.396. The maximum absolute atomic E-state index is 13.9. The summed E-state index contributed by atoms with van der Waals surface area (Å²) in [5, 5.41) is 2.99. The second-order valence-corrected chi connectivity index (χ2v) is 5.20. The summed E-state index contributed by atoms with van der Waals surface area (Å²) in [5.74, 6) is -0.578. The van der Waals surface area contributed by atoms with E-state index in [1.165, 1.54) is 12.1 Å². The molecule has 0 amide bonds. The van der Waals surface area contributed by atoms with E-state index in [1.54, 1.807) is 7.05 Å². The van der Waals surface area contributed by atoms with Crippen molar-refractivity contribution < 1.29 is 8.78 Å². The Bertz CT molecular complexity index is 382. The molecule has 0 aliphatic rings. The predicted molar refractivity (Wildman–Crippen MR) is 69.9 cm³/mol. The van der Waals surface area contributed by atoms with Crippen molar-refractivity contribution >= 4 is 15.9 Å². The molecule has 0 radical (unpaired) electrons. The molecule has 4 heteroatoms. The summed E-state index contributed by atoms with van der Waals surface area (Å²) in [5.41, 5.74) is 0.127. The van der Waals surface area contributed by atoms with Crippen LogP contribution in [0.3, 0.4) is 0 Å². The van der Waals surface area contributed by atoms with Gasteiger partial charge in [-0.15, -0.1) is 0 Å². The van der Waals surface area contributed by atoms with Crippen molar-refractivity contribution in [1.82, 2.24) is 5.32 Å². The van der Waals surface area contributed by atoms with Crippen LogP contribution in [0.1, 0.15) is 38.3 Å². The molecule has 17 heavy (non-hydrogen) atoms. The molecule has 96 valence electrons. The summed E-state index contributed by atoms with van der Waals surface area (Å²) in [4.78, 5) is 0. The molecule has 1 nitrogen and oxygen atoms in total. The Morgan fingerprint density at radius 2 is 2.00 bits per heavy atom. The zero-order chi connectivity index (χ0) is 13.0. The third-order valence-electron chi connectivity index (χ3n) is 3.11. The normalized spacial score (nSPS) is 14.7. The summed E-state index contributed by atoms with van der Waals surface area (Å²) < 4.78 is 28.0. The Labute approximate surface area is 110 Å². The molecule has 1 aromatic rings. The van der Waals surface area contributed by atoms with Gasteiger partial charge in [-0.1, -0.05) is 20.3 Å². The molecule has 0 aromatic heterocycles. The lowest BCUT2D eigenvalue weighted by Crippen LogP contribution is -2.21. The molecular formula is C13H18BrF2N. The van der Waals surface area contributed by atoms with Gasteiger partial charge < -0.3 is 5.32 Å². The van der Waals surface area contributed by atoms with E-state index in [4.69, 9.17) is 0 Å². The summed E-state index contributed by atoms with van der Waals surface area (Å²) in [6, 6.07) is 2.40. The Morgan fingerprint density at radius 1 is 1.35 bits per heavy atom. The average molecular weight is 306 g/mol. The smallest absolute Gasteiger partial charge is 0.145 e. The fourth-order valence-electron chi connectivity index (χ4n) is 1.81. The van der Waals surface area contributed by atoms with Gasteiger partial charge in [0.1, 0.15) is 11.6 Å². The maximum atomic E-state index is 13.9. The van der Waals surface area contributed by atoms with Crippen molar-refractivity contribution in [2.24, 2.45) is 5.92 Å². The van der Waals surface area contributed by atoms with E-state index in [2.05, 4.69) is 35.1 Å². The van der Waals surface area contributed by atoms with Crippen LogP contribution in [-0.4, -0.2) is 7.05 Å². The van der Waals surface area contributed by atoms with E-state index < -0.39 is 11.6 Å². The van der Waals surface area contributed by atoms with Crippen LogP contribution in [0.25, 0.3) is 0 Å². The highest BCUT2D eigenvalue weighted by Crippen LogP contribution is 2.30. The molecule has 1 aromatic carbocycles. The monoisotopic (exact) mass is 305 g/mol. The molecule has 0 bridgehead atoms. The van der Waals surface area contributed by atoms with Gasteiger partial charge >= 0.3 is 0 Å². The molecular weight excluding hydrogens is 288 g/mol. The van der Waals surface area contributed by atoms with Crippen molar-refractivity contribution in [3.63, 3.8) is 0 Å². The highest BCUT2D eigenvalue weighted by atomic mass is 79.9.